The fourth-order valence-corrected chi connectivity index (χ4v) is 2.53. The molecule has 1 aromatic heterocycles. The molecule has 1 aliphatic rings. The van der Waals surface area contributed by atoms with Gasteiger partial charge < -0.3 is 10.6 Å². The first-order valence-electron chi connectivity index (χ1n) is 7.12. The molecule has 0 aliphatic carbocycles. The largest absolute Gasteiger partial charge is 0.369 e. The number of fused-ring (bicyclic) bond motifs is 1. The lowest BCUT2D eigenvalue weighted by Gasteiger charge is -2.10. The van der Waals surface area contributed by atoms with E-state index in [4.69, 9.17) is 5.26 Å². The molecule has 0 spiro atoms. The molecule has 0 saturated carbocycles. The normalized spacial score (nSPS) is 12.5. The number of benzene rings is 1. The van der Waals surface area contributed by atoms with Crippen LogP contribution in [0.4, 0.5) is 5.82 Å². The zero-order chi connectivity index (χ0) is 15.5. The minimum absolute atomic E-state index is 0.0330. The molecule has 0 unspecified atom stereocenters. The molecule has 6 nitrogen and oxygen atoms in total. The second-order valence-electron chi connectivity index (χ2n) is 5.10. The highest BCUT2D eigenvalue weighted by Crippen LogP contribution is 2.21. The van der Waals surface area contributed by atoms with Gasteiger partial charge in [0.15, 0.2) is 11.5 Å². The molecule has 6 heteroatoms. The SMILES string of the molecule is CCNc1nnc(C#N)cc1Cc1ccc2c(c1)C(=O)NC2. The second kappa shape index (κ2) is 5.82. The third-order valence-corrected chi connectivity index (χ3v) is 3.58. The van der Waals surface area contributed by atoms with Crippen LogP contribution in [0.3, 0.4) is 0 Å². The first kappa shape index (κ1) is 14.0. The highest BCUT2D eigenvalue weighted by Gasteiger charge is 2.19. The van der Waals surface area contributed by atoms with Crippen molar-refractivity contribution in [2.75, 3.05) is 11.9 Å². The molecule has 2 aromatic rings. The Morgan fingerprint density at radius 1 is 1.36 bits per heavy atom. The maximum absolute atomic E-state index is 11.8. The summed E-state index contributed by atoms with van der Waals surface area (Å²) in [4.78, 5) is 11.8. The van der Waals surface area contributed by atoms with Gasteiger partial charge in [0.25, 0.3) is 5.91 Å². The number of hydrogen-bond acceptors (Lipinski definition) is 5. The molecule has 2 N–H and O–H groups in total. The van der Waals surface area contributed by atoms with Crippen molar-refractivity contribution < 1.29 is 4.79 Å². The molecular weight excluding hydrogens is 278 g/mol. The molecule has 0 bridgehead atoms. The Balaban J connectivity index is 1.94. The van der Waals surface area contributed by atoms with Crippen molar-refractivity contribution in [1.82, 2.24) is 15.5 Å². The van der Waals surface area contributed by atoms with Crippen molar-refractivity contribution in [3.63, 3.8) is 0 Å². The maximum atomic E-state index is 11.8. The first-order chi connectivity index (χ1) is 10.7. The van der Waals surface area contributed by atoms with E-state index in [0.717, 1.165) is 28.8 Å². The van der Waals surface area contributed by atoms with Crippen LogP contribution in [0.25, 0.3) is 0 Å². The van der Waals surface area contributed by atoms with Crippen LogP contribution in [0.2, 0.25) is 0 Å². The fourth-order valence-electron chi connectivity index (χ4n) is 2.53. The number of nitrogens with zero attached hydrogens (tertiary/aromatic N) is 3. The Hall–Kier alpha value is -2.94. The minimum Gasteiger partial charge on any atom is -0.369 e. The number of nitrogens with one attached hydrogen (secondary N) is 2. The van der Waals surface area contributed by atoms with E-state index < -0.39 is 0 Å². The lowest BCUT2D eigenvalue weighted by atomic mass is 10.0. The van der Waals surface area contributed by atoms with Crippen LogP contribution in [0.5, 0.6) is 0 Å². The average Bonchev–Trinajstić information content (AvgIpc) is 2.90. The molecule has 1 aliphatic heterocycles. The number of aromatic nitrogens is 2. The van der Waals surface area contributed by atoms with Crippen LogP contribution in [-0.2, 0) is 13.0 Å². The van der Waals surface area contributed by atoms with Crippen molar-refractivity contribution in [3.05, 3.63) is 52.2 Å². The number of carbonyl (C=O) groups is 1. The van der Waals surface area contributed by atoms with E-state index in [9.17, 15) is 4.79 Å². The molecule has 22 heavy (non-hydrogen) atoms. The standard InChI is InChI=1S/C16H15N5O/c1-2-18-15-12(7-13(8-17)20-21-15)5-10-3-4-11-9-19-16(22)14(11)6-10/h3-4,6-7H,2,5,9H2,1H3,(H,18,21)(H,19,22). The molecule has 3 rings (SSSR count). The summed E-state index contributed by atoms with van der Waals surface area (Å²) in [5, 5.41) is 22.9. The Kier molecular flexibility index (Phi) is 3.71. The van der Waals surface area contributed by atoms with Gasteiger partial charge in [-0.15, -0.1) is 10.2 Å². The summed E-state index contributed by atoms with van der Waals surface area (Å²) in [6.07, 6.45) is 0.590. The predicted octanol–water partition coefficient (Wildman–Crippen LogP) is 1.61. The van der Waals surface area contributed by atoms with Crippen molar-refractivity contribution >= 4 is 11.7 Å². The fraction of sp³-hybridized carbons (Fsp3) is 0.250. The summed E-state index contributed by atoms with van der Waals surface area (Å²) < 4.78 is 0. The van der Waals surface area contributed by atoms with E-state index in [1.807, 2.05) is 31.2 Å². The van der Waals surface area contributed by atoms with Gasteiger partial charge in [0.2, 0.25) is 0 Å². The number of anilines is 1. The lowest BCUT2D eigenvalue weighted by molar-refractivity contribution is 0.0965. The van der Waals surface area contributed by atoms with E-state index in [2.05, 4.69) is 20.8 Å². The number of carbonyl (C=O) groups excluding carboxylic acids is 1. The van der Waals surface area contributed by atoms with E-state index in [1.54, 1.807) is 6.07 Å². The van der Waals surface area contributed by atoms with Crippen LogP contribution in [0.15, 0.2) is 24.3 Å². The van der Waals surface area contributed by atoms with Gasteiger partial charge in [-0.2, -0.15) is 5.26 Å². The third-order valence-electron chi connectivity index (χ3n) is 3.58. The van der Waals surface area contributed by atoms with Crippen LogP contribution < -0.4 is 10.6 Å². The molecule has 1 aromatic carbocycles. The first-order valence-corrected chi connectivity index (χ1v) is 7.12. The van der Waals surface area contributed by atoms with Crippen LogP contribution in [0, 0.1) is 11.3 Å². The summed E-state index contributed by atoms with van der Waals surface area (Å²) in [6.45, 7) is 3.29. The van der Waals surface area contributed by atoms with Gasteiger partial charge in [0, 0.05) is 30.6 Å². The van der Waals surface area contributed by atoms with E-state index in [-0.39, 0.29) is 11.6 Å². The zero-order valence-electron chi connectivity index (χ0n) is 12.2. The van der Waals surface area contributed by atoms with Gasteiger partial charge in [0.1, 0.15) is 6.07 Å². The van der Waals surface area contributed by atoms with Gasteiger partial charge in [-0.1, -0.05) is 12.1 Å². The summed E-state index contributed by atoms with van der Waals surface area (Å²) in [5.41, 5.74) is 3.94. The number of amides is 1. The summed E-state index contributed by atoms with van der Waals surface area (Å²) in [5.74, 6) is 0.640. The van der Waals surface area contributed by atoms with E-state index >= 15 is 0 Å². The summed E-state index contributed by atoms with van der Waals surface area (Å²) >= 11 is 0. The number of nitriles is 1. The Morgan fingerprint density at radius 3 is 3.00 bits per heavy atom. The smallest absolute Gasteiger partial charge is 0.251 e. The number of hydrogen-bond donors (Lipinski definition) is 2. The third kappa shape index (κ3) is 2.61. The Labute approximate surface area is 128 Å². The minimum atomic E-state index is -0.0330. The van der Waals surface area contributed by atoms with Gasteiger partial charge in [0.05, 0.1) is 0 Å². The van der Waals surface area contributed by atoms with Crippen molar-refractivity contribution in [1.29, 1.82) is 5.26 Å². The molecule has 0 fully saturated rings. The monoisotopic (exact) mass is 293 g/mol. The lowest BCUT2D eigenvalue weighted by Crippen LogP contribution is -2.12. The van der Waals surface area contributed by atoms with Crippen LogP contribution in [-0.4, -0.2) is 22.6 Å². The highest BCUT2D eigenvalue weighted by atomic mass is 16.1. The maximum Gasteiger partial charge on any atom is 0.251 e. The molecule has 0 radical (unpaired) electrons. The molecular formula is C16H15N5O. The highest BCUT2D eigenvalue weighted by molar-refractivity contribution is 5.98. The molecule has 0 saturated heterocycles. The van der Waals surface area contributed by atoms with Crippen LogP contribution in [0.1, 0.15) is 39.7 Å². The van der Waals surface area contributed by atoms with Crippen LogP contribution >= 0.6 is 0 Å². The van der Waals surface area contributed by atoms with E-state index in [1.165, 1.54) is 0 Å². The Morgan fingerprint density at radius 2 is 2.23 bits per heavy atom. The van der Waals surface area contributed by atoms with Crippen molar-refractivity contribution in [2.24, 2.45) is 0 Å². The van der Waals surface area contributed by atoms with E-state index in [0.29, 0.717) is 18.8 Å². The summed E-state index contributed by atoms with van der Waals surface area (Å²) in [7, 11) is 0. The quantitative estimate of drug-likeness (QED) is 0.893. The van der Waals surface area contributed by atoms with Gasteiger partial charge >= 0.3 is 0 Å². The average molecular weight is 293 g/mol. The molecule has 1 amide bonds. The predicted molar refractivity (Wildman–Crippen MR) is 81.3 cm³/mol. The van der Waals surface area contributed by atoms with Gasteiger partial charge in [-0.05, 0) is 30.2 Å². The van der Waals surface area contributed by atoms with Gasteiger partial charge in [-0.3, -0.25) is 4.79 Å². The molecule has 2 heterocycles. The Bertz CT molecular complexity index is 779. The summed E-state index contributed by atoms with van der Waals surface area (Å²) in [6, 6.07) is 9.61. The molecule has 0 atom stereocenters. The topological polar surface area (TPSA) is 90.7 Å². The second-order valence-corrected chi connectivity index (χ2v) is 5.10. The zero-order valence-corrected chi connectivity index (χ0v) is 12.2. The number of rotatable bonds is 4. The van der Waals surface area contributed by atoms with Crippen molar-refractivity contribution in [2.45, 2.75) is 19.9 Å². The van der Waals surface area contributed by atoms with Gasteiger partial charge in [-0.25, -0.2) is 0 Å². The van der Waals surface area contributed by atoms with Crippen molar-refractivity contribution in [3.8, 4) is 6.07 Å². The molecule has 110 valence electrons.